The van der Waals surface area contributed by atoms with Crippen LogP contribution in [0.4, 0.5) is 0 Å². The lowest BCUT2D eigenvalue weighted by molar-refractivity contribution is -0.158. The second-order valence-corrected chi connectivity index (χ2v) is 11.1. The first-order valence-corrected chi connectivity index (χ1v) is 9.43. The first kappa shape index (κ1) is 11.6. The Morgan fingerprint density at radius 1 is 1.47 bits per heavy atom. The van der Waals surface area contributed by atoms with Crippen LogP contribution in [0.1, 0.15) is 26.2 Å². The summed E-state index contributed by atoms with van der Waals surface area (Å²) in [6.07, 6.45) is 2.99. The van der Waals surface area contributed by atoms with Crippen LogP contribution >= 0.6 is 11.6 Å². The molecule has 2 nitrogen and oxygen atoms in total. The third-order valence-electron chi connectivity index (χ3n) is 3.67. The summed E-state index contributed by atoms with van der Waals surface area (Å²) >= 11 is 6.37. The van der Waals surface area contributed by atoms with E-state index in [-0.39, 0.29) is 17.3 Å². The van der Waals surface area contributed by atoms with Gasteiger partial charge in [-0.2, -0.15) is 0 Å². The van der Waals surface area contributed by atoms with Crippen LogP contribution in [-0.4, -0.2) is 24.6 Å². The van der Waals surface area contributed by atoms with Gasteiger partial charge in [0, 0.05) is 5.92 Å². The first-order valence-electron chi connectivity index (χ1n) is 5.64. The molecular weight excluding hydrogens is 228 g/mol. The van der Waals surface area contributed by atoms with Gasteiger partial charge in [-0.25, -0.2) is 0 Å². The fraction of sp³-hybridized carbons (Fsp3) is 0.909. The van der Waals surface area contributed by atoms with Crippen LogP contribution in [0.2, 0.25) is 19.6 Å². The molecule has 0 saturated heterocycles. The fourth-order valence-electron chi connectivity index (χ4n) is 3.10. The number of carbonyl (C=O) groups excluding carboxylic acids is 1. The summed E-state index contributed by atoms with van der Waals surface area (Å²) in [5.41, 5.74) is -0.337. The first-order chi connectivity index (χ1) is 6.71. The van der Waals surface area contributed by atoms with E-state index >= 15 is 0 Å². The third-order valence-corrected chi connectivity index (χ3v) is 5.15. The molecule has 2 rings (SSSR count). The quantitative estimate of drug-likeness (QED) is 0.553. The molecular formula is C11H19ClO2Si. The molecule has 0 aromatic heterocycles. The molecule has 2 aliphatic rings. The molecule has 0 N–H and O–H groups in total. The van der Waals surface area contributed by atoms with Crippen LogP contribution in [0.3, 0.4) is 0 Å². The highest BCUT2D eigenvalue weighted by molar-refractivity contribution is 6.70. The molecule has 4 heteroatoms. The van der Waals surface area contributed by atoms with Crippen molar-refractivity contribution in [2.24, 2.45) is 5.92 Å². The second kappa shape index (κ2) is 3.08. The van der Waals surface area contributed by atoms with Crippen LogP contribution in [0.15, 0.2) is 0 Å². The molecule has 0 aliphatic heterocycles. The zero-order valence-corrected chi connectivity index (χ0v) is 11.6. The highest BCUT2D eigenvalue weighted by atomic mass is 35.5. The van der Waals surface area contributed by atoms with Gasteiger partial charge in [0.1, 0.15) is 4.87 Å². The van der Waals surface area contributed by atoms with Gasteiger partial charge in [-0.1, -0.05) is 0 Å². The fourth-order valence-corrected chi connectivity index (χ4v) is 5.11. The number of alkyl halides is 1. The van der Waals surface area contributed by atoms with Crippen molar-refractivity contribution < 1.29 is 9.22 Å². The van der Waals surface area contributed by atoms with E-state index in [0.717, 1.165) is 19.3 Å². The molecule has 0 spiro atoms. The van der Waals surface area contributed by atoms with E-state index in [4.69, 9.17) is 16.0 Å². The van der Waals surface area contributed by atoms with E-state index < -0.39 is 13.2 Å². The molecule has 2 aliphatic carbocycles. The number of hydrogen-bond acceptors (Lipinski definition) is 2. The van der Waals surface area contributed by atoms with Crippen molar-refractivity contribution in [3.05, 3.63) is 0 Å². The average Bonchev–Trinajstić information content (AvgIpc) is 2.43. The van der Waals surface area contributed by atoms with Crippen molar-refractivity contribution in [2.45, 2.75) is 56.3 Å². The normalized spacial score (nSPS) is 45.1. The Labute approximate surface area is 97.5 Å². The number of Topliss-reactive ketones (excluding diaryl/α,β-unsaturated/α-hetero) is 1. The molecule has 86 valence electrons. The standard InChI is InChI=1S/C11H19ClO2Si/c1-10(12)9(13)8-6-5-7-11(8,10)14-15(2,3)4/h8H,5-7H2,1-4H3/t8-,10?,11+/m1/s1. The van der Waals surface area contributed by atoms with Gasteiger partial charge in [-0.05, 0) is 45.8 Å². The smallest absolute Gasteiger partial charge is 0.184 e. The van der Waals surface area contributed by atoms with E-state index in [1.807, 2.05) is 6.92 Å². The Balaban J connectivity index is 2.29. The lowest BCUT2D eigenvalue weighted by Crippen LogP contribution is -2.73. The Morgan fingerprint density at radius 2 is 2.07 bits per heavy atom. The summed E-state index contributed by atoms with van der Waals surface area (Å²) < 4.78 is 6.26. The monoisotopic (exact) mass is 246 g/mol. The molecule has 0 bridgehead atoms. The van der Waals surface area contributed by atoms with Crippen LogP contribution < -0.4 is 0 Å². The van der Waals surface area contributed by atoms with Crippen LogP contribution in [-0.2, 0) is 9.22 Å². The zero-order chi connectivity index (χ0) is 11.5. The van der Waals surface area contributed by atoms with Crippen LogP contribution in [0.5, 0.6) is 0 Å². The molecule has 2 fully saturated rings. The van der Waals surface area contributed by atoms with Gasteiger partial charge in [0.25, 0.3) is 0 Å². The Morgan fingerprint density at radius 3 is 2.60 bits per heavy atom. The van der Waals surface area contributed by atoms with Crippen molar-refractivity contribution in [2.75, 3.05) is 0 Å². The summed E-state index contributed by atoms with van der Waals surface area (Å²) in [5, 5.41) is 0. The molecule has 15 heavy (non-hydrogen) atoms. The lowest BCUT2D eigenvalue weighted by Gasteiger charge is -2.57. The topological polar surface area (TPSA) is 26.3 Å². The molecule has 0 radical (unpaired) electrons. The molecule has 2 saturated carbocycles. The summed E-state index contributed by atoms with van der Waals surface area (Å²) in [6, 6.07) is 0. The van der Waals surface area contributed by atoms with Crippen molar-refractivity contribution in [1.82, 2.24) is 0 Å². The molecule has 0 aromatic carbocycles. The minimum absolute atomic E-state index is 0.0757. The minimum Gasteiger partial charge on any atom is -0.409 e. The zero-order valence-electron chi connectivity index (χ0n) is 9.89. The van der Waals surface area contributed by atoms with Gasteiger partial charge in [0.05, 0.1) is 5.60 Å². The summed E-state index contributed by atoms with van der Waals surface area (Å²) in [7, 11) is -1.64. The predicted molar refractivity (Wildman–Crippen MR) is 63.8 cm³/mol. The van der Waals surface area contributed by atoms with E-state index in [1.54, 1.807) is 0 Å². The Bertz CT molecular complexity index is 308. The summed E-state index contributed by atoms with van der Waals surface area (Å²) in [5.74, 6) is 0.270. The van der Waals surface area contributed by atoms with Gasteiger partial charge in [0.15, 0.2) is 14.1 Å². The minimum atomic E-state index is -1.64. The third kappa shape index (κ3) is 1.43. The maximum atomic E-state index is 11.9. The molecule has 3 atom stereocenters. The highest BCUT2D eigenvalue weighted by Crippen LogP contribution is 2.60. The average molecular weight is 247 g/mol. The Kier molecular flexibility index (Phi) is 2.39. The maximum Gasteiger partial charge on any atom is 0.184 e. The Hall–Kier alpha value is 0.137. The SMILES string of the molecule is CC1(Cl)C(=O)[C@H]2CCC[C@]21O[Si](C)(C)C. The van der Waals surface area contributed by atoms with Crippen molar-refractivity contribution >= 4 is 25.7 Å². The number of carbonyl (C=O) groups is 1. The summed E-state index contributed by atoms with van der Waals surface area (Å²) in [6.45, 7) is 8.31. The predicted octanol–water partition coefficient (Wildman–Crippen LogP) is 2.96. The van der Waals surface area contributed by atoms with Crippen molar-refractivity contribution in [1.29, 1.82) is 0 Å². The molecule has 0 heterocycles. The van der Waals surface area contributed by atoms with Gasteiger partial charge in [-0.3, -0.25) is 4.79 Å². The van der Waals surface area contributed by atoms with Gasteiger partial charge in [-0.15, -0.1) is 11.6 Å². The molecule has 0 amide bonds. The van der Waals surface area contributed by atoms with E-state index in [0.29, 0.717) is 0 Å². The van der Waals surface area contributed by atoms with Gasteiger partial charge in [0.2, 0.25) is 0 Å². The van der Waals surface area contributed by atoms with Gasteiger partial charge < -0.3 is 4.43 Å². The molecule has 0 aromatic rings. The van der Waals surface area contributed by atoms with E-state index in [9.17, 15) is 4.79 Å². The van der Waals surface area contributed by atoms with E-state index in [1.165, 1.54) is 0 Å². The highest BCUT2D eigenvalue weighted by Gasteiger charge is 2.72. The largest absolute Gasteiger partial charge is 0.409 e. The van der Waals surface area contributed by atoms with Crippen molar-refractivity contribution in [3.63, 3.8) is 0 Å². The van der Waals surface area contributed by atoms with E-state index in [2.05, 4.69) is 19.6 Å². The number of hydrogen-bond donors (Lipinski definition) is 0. The van der Waals surface area contributed by atoms with Gasteiger partial charge >= 0.3 is 0 Å². The second-order valence-electron chi connectivity index (χ2n) is 5.92. The summed E-state index contributed by atoms with van der Waals surface area (Å²) in [4.78, 5) is 11.1. The number of rotatable bonds is 2. The number of ketones is 1. The number of fused-ring (bicyclic) bond motifs is 1. The molecule has 1 unspecified atom stereocenters. The van der Waals surface area contributed by atoms with Crippen LogP contribution in [0, 0.1) is 5.92 Å². The van der Waals surface area contributed by atoms with Crippen LogP contribution in [0.25, 0.3) is 0 Å². The lowest BCUT2D eigenvalue weighted by atomic mass is 9.62. The maximum absolute atomic E-state index is 11.9. The number of halogens is 1. The van der Waals surface area contributed by atoms with Crippen molar-refractivity contribution in [3.8, 4) is 0 Å².